The number of ether oxygens (including phenoxy) is 1. The van der Waals surface area contributed by atoms with Crippen molar-refractivity contribution in [1.82, 2.24) is 9.88 Å². The molecule has 2 amide bonds. The number of carbonyl (C=O) groups is 2. The Balaban J connectivity index is 1.62. The fourth-order valence-electron chi connectivity index (χ4n) is 3.23. The van der Waals surface area contributed by atoms with E-state index in [2.05, 4.69) is 15.2 Å². The van der Waals surface area contributed by atoms with Gasteiger partial charge in [-0.1, -0.05) is 6.07 Å². The number of nitrogen functional groups attached to an aromatic ring is 1. The average Bonchev–Trinajstić information content (AvgIpc) is 2.68. The Morgan fingerprint density at radius 3 is 2.27 bits per heavy atom. The first-order chi connectivity index (χ1) is 14.1. The summed E-state index contributed by atoms with van der Waals surface area (Å²) in [5.41, 5.74) is 8.52. The van der Waals surface area contributed by atoms with E-state index in [1.54, 1.807) is 11.0 Å². The third-order valence-electron chi connectivity index (χ3n) is 4.70. The number of piperazine rings is 1. The number of aromatic nitrogens is 1. The van der Waals surface area contributed by atoms with E-state index in [1.807, 2.05) is 51.2 Å². The van der Waals surface area contributed by atoms with Crippen LogP contribution in [-0.2, 0) is 9.53 Å². The molecule has 2 aromatic rings. The van der Waals surface area contributed by atoms with E-state index in [-0.39, 0.29) is 12.0 Å². The zero-order valence-electron chi connectivity index (χ0n) is 17.9. The number of nitrogens with one attached hydrogen (secondary N) is 1. The highest BCUT2D eigenvalue weighted by Gasteiger charge is 2.26. The van der Waals surface area contributed by atoms with Crippen LogP contribution in [0, 0.1) is 0 Å². The molecule has 0 aliphatic carbocycles. The number of pyridine rings is 1. The Morgan fingerprint density at radius 2 is 1.73 bits per heavy atom. The molecule has 1 saturated heterocycles. The molecule has 1 aromatic carbocycles. The molecule has 0 bridgehead atoms. The van der Waals surface area contributed by atoms with Gasteiger partial charge < -0.3 is 25.6 Å². The van der Waals surface area contributed by atoms with Crippen LogP contribution < -0.4 is 16.0 Å². The van der Waals surface area contributed by atoms with Gasteiger partial charge >= 0.3 is 6.09 Å². The summed E-state index contributed by atoms with van der Waals surface area (Å²) in [5.74, 6) is 0.706. The molecule has 1 aromatic heterocycles. The number of amides is 2. The molecule has 160 valence electrons. The molecule has 2 heterocycles. The second kappa shape index (κ2) is 8.61. The second-order valence-corrected chi connectivity index (χ2v) is 8.34. The predicted molar refractivity (Wildman–Crippen MR) is 118 cm³/mol. The normalized spacial score (nSPS) is 14.4. The van der Waals surface area contributed by atoms with Crippen molar-refractivity contribution in [3.8, 4) is 11.1 Å². The van der Waals surface area contributed by atoms with Gasteiger partial charge in [-0.25, -0.2) is 9.78 Å². The summed E-state index contributed by atoms with van der Waals surface area (Å²) in [6.45, 7) is 9.64. The average molecular weight is 412 g/mol. The van der Waals surface area contributed by atoms with Crippen LogP contribution >= 0.6 is 0 Å². The first-order valence-electron chi connectivity index (χ1n) is 9.99. The Kier molecular flexibility index (Phi) is 6.14. The van der Waals surface area contributed by atoms with Gasteiger partial charge in [-0.15, -0.1) is 0 Å². The lowest BCUT2D eigenvalue weighted by atomic mass is 10.1. The van der Waals surface area contributed by atoms with Gasteiger partial charge in [0.15, 0.2) is 0 Å². The molecule has 1 fully saturated rings. The van der Waals surface area contributed by atoms with Gasteiger partial charge in [0, 0.05) is 44.9 Å². The SMILES string of the molecule is CC(=O)Nc1ccc(-c2ccc(N3CCN(C(=O)OC(C)(C)C)CC3)nc2)cc1N. The number of hydrogen-bond donors (Lipinski definition) is 2. The quantitative estimate of drug-likeness (QED) is 0.751. The standard InChI is InChI=1S/C22H29N5O3/c1-15(28)25-19-7-5-16(13-18(19)23)17-6-8-20(24-14-17)26-9-11-27(12-10-26)21(29)30-22(2,3)4/h5-8,13-14H,9-12,23H2,1-4H3,(H,25,28). The lowest BCUT2D eigenvalue weighted by molar-refractivity contribution is -0.114. The van der Waals surface area contributed by atoms with Gasteiger partial charge in [0.25, 0.3) is 0 Å². The van der Waals surface area contributed by atoms with Crippen LogP contribution in [-0.4, -0.2) is 53.7 Å². The number of anilines is 3. The zero-order valence-corrected chi connectivity index (χ0v) is 17.9. The van der Waals surface area contributed by atoms with Gasteiger partial charge in [0.1, 0.15) is 11.4 Å². The van der Waals surface area contributed by atoms with Crippen molar-refractivity contribution in [1.29, 1.82) is 0 Å². The van der Waals surface area contributed by atoms with Crippen molar-refractivity contribution in [3.05, 3.63) is 36.5 Å². The number of nitrogens with zero attached hydrogens (tertiary/aromatic N) is 3. The smallest absolute Gasteiger partial charge is 0.410 e. The largest absolute Gasteiger partial charge is 0.444 e. The van der Waals surface area contributed by atoms with Gasteiger partial charge in [0.05, 0.1) is 11.4 Å². The number of carbonyl (C=O) groups excluding carboxylic acids is 2. The van der Waals surface area contributed by atoms with E-state index in [0.29, 0.717) is 37.6 Å². The third-order valence-corrected chi connectivity index (χ3v) is 4.70. The molecule has 8 heteroatoms. The van der Waals surface area contributed by atoms with E-state index >= 15 is 0 Å². The number of nitrogens with two attached hydrogens (primary N) is 1. The Labute approximate surface area is 177 Å². The monoisotopic (exact) mass is 411 g/mol. The summed E-state index contributed by atoms with van der Waals surface area (Å²) in [5, 5.41) is 2.70. The minimum Gasteiger partial charge on any atom is -0.444 e. The molecular formula is C22H29N5O3. The summed E-state index contributed by atoms with van der Waals surface area (Å²) in [4.78, 5) is 31.9. The van der Waals surface area contributed by atoms with Gasteiger partial charge in [0.2, 0.25) is 5.91 Å². The van der Waals surface area contributed by atoms with E-state index in [9.17, 15) is 9.59 Å². The molecule has 30 heavy (non-hydrogen) atoms. The Morgan fingerprint density at radius 1 is 1.07 bits per heavy atom. The van der Waals surface area contributed by atoms with Crippen LogP contribution in [0.1, 0.15) is 27.7 Å². The molecule has 0 saturated carbocycles. The maximum atomic E-state index is 12.2. The van der Waals surface area contributed by atoms with Gasteiger partial charge in [-0.2, -0.15) is 0 Å². The maximum Gasteiger partial charge on any atom is 0.410 e. The van der Waals surface area contributed by atoms with Crippen LogP contribution in [0.25, 0.3) is 11.1 Å². The lowest BCUT2D eigenvalue weighted by Crippen LogP contribution is -2.50. The van der Waals surface area contributed by atoms with Crippen molar-refractivity contribution >= 4 is 29.2 Å². The third kappa shape index (κ3) is 5.40. The van der Waals surface area contributed by atoms with Crippen LogP contribution in [0.3, 0.4) is 0 Å². The molecule has 3 rings (SSSR count). The number of rotatable bonds is 3. The van der Waals surface area contributed by atoms with Crippen molar-refractivity contribution in [2.75, 3.05) is 42.1 Å². The first kappa shape index (κ1) is 21.4. The highest BCUT2D eigenvalue weighted by Crippen LogP contribution is 2.28. The maximum absolute atomic E-state index is 12.2. The zero-order chi connectivity index (χ0) is 21.9. The lowest BCUT2D eigenvalue weighted by Gasteiger charge is -2.36. The fourth-order valence-corrected chi connectivity index (χ4v) is 3.23. The summed E-state index contributed by atoms with van der Waals surface area (Å²) in [6.07, 6.45) is 1.54. The minimum atomic E-state index is -0.491. The molecule has 8 nitrogen and oxygen atoms in total. The first-order valence-corrected chi connectivity index (χ1v) is 9.99. The summed E-state index contributed by atoms with van der Waals surface area (Å²) >= 11 is 0. The fraction of sp³-hybridized carbons (Fsp3) is 0.409. The van der Waals surface area contributed by atoms with Crippen molar-refractivity contribution in [2.24, 2.45) is 0 Å². The predicted octanol–water partition coefficient (Wildman–Crippen LogP) is 3.35. The highest BCUT2D eigenvalue weighted by molar-refractivity contribution is 5.93. The highest BCUT2D eigenvalue weighted by atomic mass is 16.6. The molecule has 1 aliphatic rings. The summed E-state index contributed by atoms with van der Waals surface area (Å²) < 4.78 is 5.44. The number of hydrogen-bond acceptors (Lipinski definition) is 6. The van der Waals surface area contributed by atoms with E-state index in [4.69, 9.17) is 10.5 Å². The van der Waals surface area contributed by atoms with Crippen LogP contribution in [0.15, 0.2) is 36.5 Å². The van der Waals surface area contributed by atoms with Crippen LogP contribution in [0.2, 0.25) is 0 Å². The summed E-state index contributed by atoms with van der Waals surface area (Å²) in [6, 6.07) is 9.47. The molecular weight excluding hydrogens is 382 g/mol. The van der Waals surface area contributed by atoms with E-state index < -0.39 is 5.60 Å². The van der Waals surface area contributed by atoms with Gasteiger partial charge in [-0.05, 0) is 50.6 Å². The molecule has 3 N–H and O–H groups in total. The van der Waals surface area contributed by atoms with Crippen molar-refractivity contribution in [3.63, 3.8) is 0 Å². The van der Waals surface area contributed by atoms with Crippen LogP contribution in [0.5, 0.6) is 0 Å². The summed E-state index contributed by atoms with van der Waals surface area (Å²) in [7, 11) is 0. The molecule has 0 spiro atoms. The number of benzene rings is 1. The second-order valence-electron chi connectivity index (χ2n) is 8.34. The minimum absolute atomic E-state index is 0.160. The molecule has 0 unspecified atom stereocenters. The molecule has 0 atom stereocenters. The molecule has 0 radical (unpaired) electrons. The van der Waals surface area contributed by atoms with Crippen LogP contribution in [0.4, 0.5) is 22.0 Å². The molecule has 1 aliphatic heterocycles. The van der Waals surface area contributed by atoms with E-state index in [1.165, 1.54) is 6.92 Å². The van der Waals surface area contributed by atoms with E-state index in [0.717, 1.165) is 16.9 Å². The Bertz CT molecular complexity index is 913. The van der Waals surface area contributed by atoms with Gasteiger partial charge in [-0.3, -0.25) is 4.79 Å². The topological polar surface area (TPSA) is 101 Å². The van der Waals surface area contributed by atoms with Crippen molar-refractivity contribution in [2.45, 2.75) is 33.3 Å². The Hall–Kier alpha value is -3.29. The van der Waals surface area contributed by atoms with Crippen molar-refractivity contribution < 1.29 is 14.3 Å².